The van der Waals surface area contributed by atoms with Crippen molar-refractivity contribution in [2.75, 3.05) is 0 Å². The van der Waals surface area contributed by atoms with Gasteiger partial charge in [-0.15, -0.1) is 0 Å². The first-order valence-corrected chi connectivity index (χ1v) is 5.79. The minimum absolute atomic E-state index is 0.333. The third-order valence-electron chi connectivity index (χ3n) is 2.35. The van der Waals surface area contributed by atoms with Crippen molar-refractivity contribution in [3.63, 3.8) is 0 Å². The predicted octanol–water partition coefficient (Wildman–Crippen LogP) is 3.80. The van der Waals surface area contributed by atoms with E-state index in [4.69, 9.17) is 9.78 Å². The van der Waals surface area contributed by atoms with E-state index in [1.165, 1.54) is 11.8 Å². The molecule has 17 heavy (non-hydrogen) atoms. The maximum absolute atomic E-state index is 8.80. The molecule has 2 rings (SSSR count). The average Bonchev–Trinajstić information content (AvgIpc) is 2.89. The van der Waals surface area contributed by atoms with E-state index >= 15 is 0 Å². The van der Waals surface area contributed by atoms with Crippen LogP contribution in [0.4, 0.5) is 0 Å². The first kappa shape index (κ1) is 13.0. The van der Waals surface area contributed by atoms with Crippen molar-refractivity contribution in [3.05, 3.63) is 41.8 Å². The molecule has 0 atom stereocenters. The van der Waals surface area contributed by atoms with Crippen LogP contribution >= 0.6 is 0 Å². The second-order valence-electron chi connectivity index (χ2n) is 3.24. The maximum Gasteiger partial charge on any atom is 0.191 e. The zero-order chi connectivity index (χ0) is 12.7. The van der Waals surface area contributed by atoms with Gasteiger partial charge in [0.05, 0.1) is 5.56 Å². The van der Waals surface area contributed by atoms with Gasteiger partial charge in [0.1, 0.15) is 12.3 Å². The molecule has 1 aromatic carbocycles. The van der Waals surface area contributed by atoms with Crippen LogP contribution in [0.5, 0.6) is 0 Å². The fourth-order valence-corrected chi connectivity index (χ4v) is 1.44. The van der Waals surface area contributed by atoms with Gasteiger partial charge in [-0.3, -0.25) is 0 Å². The normalized spacial score (nSPS) is 9.06. The van der Waals surface area contributed by atoms with Crippen molar-refractivity contribution in [1.29, 1.82) is 5.26 Å². The SMILES string of the molecule is CC.CCc1ccc(-c2conc2C#N)cc1. The van der Waals surface area contributed by atoms with Crippen LogP contribution in [0.15, 0.2) is 35.1 Å². The fraction of sp³-hybridized carbons (Fsp3) is 0.286. The van der Waals surface area contributed by atoms with Crippen LogP contribution in [0.25, 0.3) is 11.1 Å². The molecule has 1 heterocycles. The summed E-state index contributed by atoms with van der Waals surface area (Å²) in [6.07, 6.45) is 2.51. The number of nitrogens with zero attached hydrogens (tertiary/aromatic N) is 2. The Balaban J connectivity index is 0.000000686. The molecule has 2 aromatic rings. The second-order valence-corrected chi connectivity index (χ2v) is 3.24. The Bertz CT molecular complexity index is 492. The Labute approximate surface area is 102 Å². The number of hydrogen-bond donors (Lipinski definition) is 0. The number of benzene rings is 1. The number of hydrogen-bond acceptors (Lipinski definition) is 3. The Morgan fingerprint density at radius 3 is 2.41 bits per heavy atom. The molecular formula is C14H16N2O. The highest BCUT2D eigenvalue weighted by molar-refractivity contribution is 5.67. The van der Waals surface area contributed by atoms with Crippen molar-refractivity contribution in [2.24, 2.45) is 0 Å². The second kappa shape index (κ2) is 6.49. The zero-order valence-electron chi connectivity index (χ0n) is 10.4. The summed E-state index contributed by atoms with van der Waals surface area (Å²) in [5.74, 6) is 0. The van der Waals surface area contributed by atoms with E-state index in [0.717, 1.165) is 17.5 Å². The van der Waals surface area contributed by atoms with Gasteiger partial charge in [-0.2, -0.15) is 5.26 Å². The monoisotopic (exact) mass is 228 g/mol. The number of aryl methyl sites for hydroxylation is 1. The summed E-state index contributed by atoms with van der Waals surface area (Å²) in [4.78, 5) is 0. The minimum atomic E-state index is 0.333. The lowest BCUT2D eigenvalue weighted by Gasteiger charge is -1.99. The lowest BCUT2D eigenvalue weighted by Crippen LogP contribution is -1.82. The molecule has 0 aliphatic rings. The highest BCUT2D eigenvalue weighted by Gasteiger charge is 2.08. The lowest BCUT2D eigenvalue weighted by atomic mass is 10.0. The van der Waals surface area contributed by atoms with Crippen LogP contribution in [0.2, 0.25) is 0 Å². The molecule has 0 N–H and O–H groups in total. The minimum Gasteiger partial charge on any atom is -0.363 e. The van der Waals surface area contributed by atoms with Gasteiger partial charge < -0.3 is 4.52 Å². The van der Waals surface area contributed by atoms with Crippen LogP contribution in [0.3, 0.4) is 0 Å². The van der Waals surface area contributed by atoms with Gasteiger partial charge in [0, 0.05) is 0 Å². The highest BCUT2D eigenvalue weighted by atomic mass is 16.5. The summed E-state index contributed by atoms with van der Waals surface area (Å²) in [5.41, 5.74) is 3.32. The van der Waals surface area contributed by atoms with Crippen LogP contribution in [0, 0.1) is 11.3 Å². The molecule has 0 aliphatic carbocycles. The smallest absolute Gasteiger partial charge is 0.191 e. The molecule has 0 saturated heterocycles. The molecule has 0 fully saturated rings. The molecule has 0 spiro atoms. The van der Waals surface area contributed by atoms with E-state index in [1.54, 1.807) is 0 Å². The van der Waals surface area contributed by atoms with Gasteiger partial charge in [-0.1, -0.05) is 50.2 Å². The first-order chi connectivity index (χ1) is 8.35. The van der Waals surface area contributed by atoms with E-state index in [1.807, 2.05) is 44.2 Å². The number of aromatic nitrogens is 1. The summed E-state index contributed by atoms with van der Waals surface area (Å²) < 4.78 is 4.78. The third kappa shape index (κ3) is 2.94. The van der Waals surface area contributed by atoms with Crippen LogP contribution in [-0.2, 0) is 6.42 Å². The molecule has 3 nitrogen and oxygen atoms in total. The lowest BCUT2D eigenvalue weighted by molar-refractivity contribution is 0.418. The molecule has 1 aromatic heterocycles. The maximum atomic E-state index is 8.80. The van der Waals surface area contributed by atoms with Crippen LogP contribution in [-0.4, -0.2) is 5.16 Å². The number of rotatable bonds is 2. The van der Waals surface area contributed by atoms with Crippen molar-refractivity contribution >= 4 is 0 Å². The molecule has 0 bridgehead atoms. The van der Waals surface area contributed by atoms with E-state index in [0.29, 0.717) is 5.69 Å². The summed E-state index contributed by atoms with van der Waals surface area (Å²) >= 11 is 0. The number of nitriles is 1. The molecule has 3 heteroatoms. The molecule has 0 unspecified atom stereocenters. The van der Waals surface area contributed by atoms with E-state index in [9.17, 15) is 0 Å². The molecule has 88 valence electrons. The molecular weight excluding hydrogens is 212 g/mol. The van der Waals surface area contributed by atoms with E-state index < -0.39 is 0 Å². The van der Waals surface area contributed by atoms with Gasteiger partial charge >= 0.3 is 0 Å². The zero-order valence-corrected chi connectivity index (χ0v) is 10.4. The molecule has 0 saturated carbocycles. The van der Waals surface area contributed by atoms with Crippen LogP contribution < -0.4 is 0 Å². The molecule has 0 aliphatic heterocycles. The summed E-state index contributed by atoms with van der Waals surface area (Å²) in [7, 11) is 0. The largest absolute Gasteiger partial charge is 0.363 e. The highest BCUT2D eigenvalue weighted by Crippen LogP contribution is 2.22. The predicted molar refractivity (Wildman–Crippen MR) is 67.4 cm³/mol. The molecule has 0 radical (unpaired) electrons. The van der Waals surface area contributed by atoms with E-state index in [-0.39, 0.29) is 0 Å². The third-order valence-corrected chi connectivity index (χ3v) is 2.35. The van der Waals surface area contributed by atoms with Gasteiger partial charge in [0.25, 0.3) is 0 Å². The Kier molecular flexibility index (Phi) is 4.96. The Hall–Kier alpha value is -2.08. The topological polar surface area (TPSA) is 49.8 Å². The Morgan fingerprint density at radius 2 is 1.88 bits per heavy atom. The van der Waals surface area contributed by atoms with Gasteiger partial charge in [0.15, 0.2) is 5.69 Å². The van der Waals surface area contributed by atoms with E-state index in [2.05, 4.69) is 12.1 Å². The summed E-state index contributed by atoms with van der Waals surface area (Å²) in [5, 5.41) is 12.4. The molecule has 0 amide bonds. The van der Waals surface area contributed by atoms with Crippen LogP contribution in [0.1, 0.15) is 32.0 Å². The summed E-state index contributed by atoms with van der Waals surface area (Å²) in [6, 6.07) is 10.0. The van der Waals surface area contributed by atoms with Crippen molar-refractivity contribution < 1.29 is 4.52 Å². The van der Waals surface area contributed by atoms with Gasteiger partial charge in [0.2, 0.25) is 0 Å². The quantitative estimate of drug-likeness (QED) is 0.785. The first-order valence-electron chi connectivity index (χ1n) is 5.79. The van der Waals surface area contributed by atoms with Gasteiger partial charge in [-0.05, 0) is 17.5 Å². The fourth-order valence-electron chi connectivity index (χ4n) is 1.44. The van der Waals surface area contributed by atoms with Crippen molar-refractivity contribution in [3.8, 4) is 17.2 Å². The van der Waals surface area contributed by atoms with Crippen molar-refractivity contribution in [2.45, 2.75) is 27.2 Å². The average molecular weight is 228 g/mol. The van der Waals surface area contributed by atoms with Crippen molar-refractivity contribution in [1.82, 2.24) is 5.16 Å². The standard InChI is InChI=1S/C12H10N2O.C2H6/c1-2-9-3-5-10(6-4-9)11-8-15-14-12(11)7-13;1-2/h3-6,8H,2H2,1H3;1-2H3. The summed E-state index contributed by atoms with van der Waals surface area (Å²) in [6.45, 7) is 6.11. The Morgan fingerprint density at radius 1 is 1.24 bits per heavy atom. The van der Waals surface area contributed by atoms with Gasteiger partial charge in [-0.25, -0.2) is 0 Å².